The number of nitrogens with zero attached hydrogens (tertiary/aromatic N) is 3. The summed E-state index contributed by atoms with van der Waals surface area (Å²) in [6.07, 6.45) is 1.72. The van der Waals surface area contributed by atoms with Gasteiger partial charge in [0.2, 0.25) is 5.91 Å². The first kappa shape index (κ1) is 21.4. The molecular formula is C23H22Cl2N4O2. The molecule has 1 N–H and O–H groups in total. The van der Waals surface area contributed by atoms with Crippen molar-refractivity contribution in [2.24, 2.45) is 5.92 Å². The van der Waals surface area contributed by atoms with Crippen molar-refractivity contribution >= 4 is 40.6 Å². The van der Waals surface area contributed by atoms with Crippen molar-refractivity contribution in [3.63, 3.8) is 0 Å². The second-order valence-corrected chi connectivity index (χ2v) is 8.22. The maximum atomic E-state index is 12.8. The molecule has 8 heteroatoms. The SMILES string of the molecule is COc1ccc(-c2ccc(N3CCCC(C(=O)Nc4ccc(Cl)c(Cl)c4)C3)nn2)cc1. The molecule has 6 nitrogen and oxygen atoms in total. The zero-order chi connectivity index (χ0) is 21.8. The Hall–Kier alpha value is -2.83. The van der Waals surface area contributed by atoms with E-state index in [0.29, 0.717) is 22.3 Å². The predicted molar refractivity (Wildman–Crippen MR) is 124 cm³/mol. The Morgan fingerprint density at radius 2 is 1.87 bits per heavy atom. The van der Waals surface area contributed by atoms with Crippen LogP contribution < -0.4 is 15.0 Å². The molecule has 0 bridgehead atoms. The summed E-state index contributed by atoms with van der Waals surface area (Å²) in [6.45, 7) is 1.43. The highest BCUT2D eigenvalue weighted by molar-refractivity contribution is 6.42. The summed E-state index contributed by atoms with van der Waals surface area (Å²) in [5, 5.41) is 12.6. The zero-order valence-electron chi connectivity index (χ0n) is 17.0. The van der Waals surface area contributed by atoms with E-state index in [9.17, 15) is 4.79 Å². The van der Waals surface area contributed by atoms with E-state index in [4.69, 9.17) is 27.9 Å². The van der Waals surface area contributed by atoms with E-state index >= 15 is 0 Å². The van der Waals surface area contributed by atoms with Crippen LogP contribution in [0.15, 0.2) is 54.6 Å². The van der Waals surface area contributed by atoms with Crippen molar-refractivity contribution < 1.29 is 9.53 Å². The van der Waals surface area contributed by atoms with E-state index in [0.717, 1.165) is 42.2 Å². The molecule has 1 atom stereocenters. The van der Waals surface area contributed by atoms with Crippen molar-refractivity contribution in [3.8, 4) is 17.0 Å². The number of carbonyl (C=O) groups is 1. The van der Waals surface area contributed by atoms with Crippen LogP contribution in [0.3, 0.4) is 0 Å². The van der Waals surface area contributed by atoms with Crippen LogP contribution in [0.4, 0.5) is 11.5 Å². The molecule has 1 aromatic heterocycles. The third-order valence-electron chi connectivity index (χ3n) is 5.34. The third-order valence-corrected chi connectivity index (χ3v) is 6.08. The van der Waals surface area contributed by atoms with E-state index in [1.165, 1.54) is 0 Å². The highest BCUT2D eigenvalue weighted by atomic mass is 35.5. The minimum Gasteiger partial charge on any atom is -0.497 e. The number of anilines is 2. The molecule has 4 rings (SSSR count). The molecular weight excluding hydrogens is 435 g/mol. The molecule has 1 fully saturated rings. The number of nitrogens with one attached hydrogen (secondary N) is 1. The average Bonchev–Trinajstić information content (AvgIpc) is 2.82. The van der Waals surface area contributed by atoms with E-state index in [-0.39, 0.29) is 11.8 Å². The van der Waals surface area contributed by atoms with Gasteiger partial charge in [-0.15, -0.1) is 10.2 Å². The molecule has 0 spiro atoms. The summed E-state index contributed by atoms with van der Waals surface area (Å²) in [5.74, 6) is 1.38. The van der Waals surface area contributed by atoms with Crippen molar-refractivity contribution in [1.29, 1.82) is 0 Å². The second-order valence-electron chi connectivity index (χ2n) is 7.41. The van der Waals surface area contributed by atoms with Crippen LogP contribution in [0, 0.1) is 5.92 Å². The minimum atomic E-state index is -0.147. The number of methoxy groups -OCH3 is 1. The normalized spacial score (nSPS) is 16.1. The first-order valence-corrected chi connectivity index (χ1v) is 10.8. The van der Waals surface area contributed by atoms with Crippen LogP contribution in [0.2, 0.25) is 10.0 Å². The lowest BCUT2D eigenvalue weighted by Gasteiger charge is -2.32. The number of benzene rings is 2. The molecule has 160 valence electrons. The maximum Gasteiger partial charge on any atom is 0.229 e. The molecule has 2 aromatic carbocycles. The van der Waals surface area contributed by atoms with Gasteiger partial charge in [0.15, 0.2) is 5.82 Å². The number of carbonyl (C=O) groups excluding carboxylic acids is 1. The van der Waals surface area contributed by atoms with Crippen molar-refractivity contribution in [2.75, 3.05) is 30.4 Å². The molecule has 1 aliphatic heterocycles. The molecule has 3 aromatic rings. The number of hydrogen-bond acceptors (Lipinski definition) is 5. The second kappa shape index (κ2) is 9.54. The van der Waals surface area contributed by atoms with E-state index in [1.54, 1.807) is 25.3 Å². The first-order valence-electron chi connectivity index (χ1n) is 10.0. The van der Waals surface area contributed by atoms with Crippen LogP contribution in [-0.4, -0.2) is 36.3 Å². The van der Waals surface area contributed by atoms with Crippen molar-refractivity contribution in [3.05, 3.63) is 64.6 Å². The molecule has 1 aliphatic rings. The number of halogens is 2. The average molecular weight is 457 g/mol. The van der Waals surface area contributed by atoms with Crippen LogP contribution in [-0.2, 0) is 4.79 Å². The molecule has 0 radical (unpaired) electrons. The Bertz CT molecular complexity index is 1060. The lowest BCUT2D eigenvalue weighted by Crippen LogP contribution is -2.41. The summed E-state index contributed by atoms with van der Waals surface area (Å²) >= 11 is 12.0. The fourth-order valence-corrected chi connectivity index (χ4v) is 3.93. The van der Waals surface area contributed by atoms with E-state index in [2.05, 4.69) is 20.4 Å². The fourth-order valence-electron chi connectivity index (χ4n) is 3.63. The highest BCUT2D eigenvalue weighted by Crippen LogP contribution is 2.27. The lowest BCUT2D eigenvalue weighted by molar-refractivity contribution is -0.120. The van der Waals surface area contributed by atoms with E-state index in [1.807, 2.05) is 36.4 Å². The van der Waals surface area contributed by atoms with Gasteiger partial charge in [-0.1, -0.05) is 23.2 Å². The summed E-state index contributed by atoms with van der Waals surface area (Å²) in [5.41, 5.74) is 2.40. The number of ether oxygens (including phenoxy) is 1. The molecule has 1 saturated heterocycles. The van der Waals surface area contributed by atoms with Gasteiger partial charge < -0.3 is 15.0 Å². The van der Waals surface area contributed by atoms with Gasteiger partial charge in [-0.05, 0) is 67.4 Å². The van der Waals surface area contributed by atoms with Crippen molar-refractivity contribution in [2.45, 2.75) is 12.8 Å². The zero-order valence-corrected chi connectivity index (χ0v) is 18.5. The summed E-state index contributed by atoms with van der Waals surface area (Å²) in [7, 11) is 1.64. The number of piperidine rings is 1. The molecule has 1 amide bonds. The Kier molecular flexibility index (Phi) is 6.59. The Balaban J connectivity index is 1.41. The summed E-state index contributed by atoms with van der Waals surface area (Å²) in [4.78, 5) is 14.9. The fraction of sp³-hybridized carbons (Fsp3) is 0.261. The summed E-state index contributed by atoms with van der Waals surface area (Å²) in [6, 6.07) is 16.7. The molecule has 0 saturated carbocycles. The Morgan fingerprint density at radius 3 is 2.55 bits per heavy atom. The Morgan fingerprint density at radius 1 is 1.06 bits per heavy atom. The van der Waals surface area contributed by atoms with Gasteiger partial charge in [-0.25, -0.2) is 0 Å². The smallest absolute Gasteiger partial charge is 0.229 e. The quantitative estimate of drug-likeness (QED) is 0.562. The topological polar surface area (TPSA) is 67.3 Å². The van der Waals surface area contributed by atoms with Crippen molar-refractivity contribution in [1.82, 2.24) is 10.2 Å². The van der Waals surface area contributed by atoms with Gasteiger partial charge in [0.25, 0.3) is 0 Å². The number of rotatable bonds is 5. The highest BCUT2D eigenvalue weighted by Gasteiger charge is 2.27. The van der Waals surface area contributed by atoms with E-state index < -0.39 is 0 Å². The minimum absolute atomic E-state index is 0.0362. The van der Waals surface area contributed by atoms with Crippen LogP contribution in [0.25, 0.3) is 11.3 Å². The Labute approximate surface area is 191 Å². The standard InChI is InChI=1S/C23H22Cl2N4O2/c1-31-18-7-4-15(5-8-18)21-10-11-22(28-27-21)29-12-2-3-16(14-29)23(30)26-17-6-9-19(24)20(25)13-17/h4-11,13,16H,2-3,12,14H2,1H3,(H,26,30). The van der Waals surface area contributed by atoms with Gasteiger partial charge in [-0.2, -0.15) is 0 Å². The maximum absolute atomic E-state index is 12.8. The van der Waals surface area contributed by atoms with Gasteiger partial charge in [0, 0.05) is 24.3 Å². The largest absolute Gasteiger partial charge is 0.497 e. The molecule has 0 aliphatic carbocycles. The molecule has 2 heterocycles. The third kappa shape index (κ3) is 5.09. The number of aromatic nitrogens is 2. The predicted octanol–water partition coefficient (Wildman–Crippen LogP) is 5.31. The number of hydrogen-bond donors (Lipinski definition) is 1. The van der Waals surface area contributed by atoms with Crippen LogP contribution >= 0.6 is 23.2 Å². The number of amides is 1. The lowest BCUT2D eigenvalue weighted by atomic mass is 9.97. The van der Waals surface area contributed by atoms with Crippen LogP contribution in [0.5, 0.6) is 5.75 Å². The molecule has 31 heavy (non-hydrogen) atoms. The monoisotopic (exact) mass is 456 g/mol. The van der Waals surface area contributed by atoms with Crippen LogP contribution in [0.1, 0.15) is 12.8 Å². The summed E-state index contributed by atoms with van der Waals surface area (Å²) < 4.78 is 5.19. The van der Waals surface area contributed by atoms with Gasteiger partial charge in [0.1, 0.15) is 5.75 Å². The van der Waals surface area contributed by atoms with Gasteiger partial charge >= 0.3 is 0 Å². The van der Waals surface area contributed by atoms with Gasteiger partial charge in [0.05, 0.1) is 28.8 Å². The molecule has 1 unspecified atom stereocenters. The van der Waals surface area contributed by atoms with Gasteiger partial charge in [-0.3, -0.25) is 4.79 Å². The first-order chi connectivity index (χ1) is 15.0.